The van der Waals surface area contributed by atoms with E-state index in [-0.39, 0.29) is 18.4 Å². The Morgan fingerprint density at radius 2 is 2.03 bits per heavy atom. The predicted octanol–water partition coefficient (Wildman–Crippen LogP) is 4.87. The Hall–Kier alpha value is -3.61. The average molecular weight is 473 g/mol. The Bertz CT molecular complexity index is 1240. The van der Waals surface area contributed by atoms with Gasteiger partial charge in [0.15, 0.2) is 5.76 Å². The van der Waals surface area contributed by atoms with E-state index in [1.807, 2.05) is 44.2 Å². The van der Waals surface area contributed by atoms with Crippen LogP contribution < -0.4 is 5.32 Å². The lowest BCUT2D eigenvalue weighted by Gasteiger charge is -2.43. The fourth-order valence-corrected chi connectivity index (χ4v) is 5.00. The van der Waals surface area contributed by atoms with Crippen LogP contribution in [-0.4, -0.2) is 38.6 Å². The van der Waals surface area contributed by atoms with E-state index in [4.69, 9.17) is 4.42 Å². The number of furan rings is 1. The molecule has 3 heterocycles. The summed E-state index contributed by atoms with van der Waals surface area (Å²) in [5.41, 5.74) is 3.59. The van der Waals surface area contributed by atoms with Crippen molar-refractivity contribution in [2.45, 2.75) is 64.6 Å². The molecule has 1 aromatic carbocycles. The van der Waals surface area contributed by atoms with Gasteiger partial charge in [-0.25, -0.2) is 0 Å². The van der Waals surface area contributed by atoms with Gasteiger partial charge in [-0.3, -0.25) is 14.3 Å². The number of aromatic nitrogens is 2. The SMILES string of the molecule is Cc1ccc(CNC(=O)[C@@]2(C)Cn3nc(-c4ccco4)cc3C(=O)N2CCC2=CCCCC2)cc1. The molecule has 1 atom stereocenters. The summed E-state index contributed by atoms with van der Waals surface area (Å²) in [6, 6.07) is 13.5. The highest BCUT2D eigenvalue weighted by Gasteiger charge is 2.47. The maximum atomic E-state index is 13.7. The molecule has 182 valence electrons. The standard InChI is InChI=1S/C28H32N4O3/c1-20-10-12-22(13-11-20)18-29-27(34)28(2)19-32-24(17-23(30-32)25-9-6-16-35-25)26(33)31(28)15-14-21-7-4-3-5-8-21/h6-7,9-13,16-17H,3-5,8,14-15,18-19H2,1-2H3,(H,29,34)/t28-/m1/s1. The van der Waals surface area contributed by atoms with E-state index < -0.39 is 5.54 Å². The van der Waals surface area contributed by atoms with E-state index >= 15 is 0 Å². The van der Waals surface area contributed by atoms with Crippen LogP contribution in [-0.2, 0) is 17.9 Å². The quantitative estimate of drug-likeness (QED) is 0.498. The van der Waals surface area contributed by atoms with Gasteiger partial charge in [-0.2, -0.15) is 5.10 Å². The third-order valence-electron chi connectivity index (χ3n) is 7.18. The number of fused-ring (bicyclic) bond motifs is 1. The second-order valence-corrected chi connectivity index (χ2v) is 9.81. The van der Waals surface area contributed by atoms with Crippen LogP contribution >= 0.6 is 0 Å². The van der Waals surface area contributed by atoms with E-state index in [0.29, 0.717) is 30.2 Å². The third-order valence-corrected chi connectivity index (χ3v) is 7.18. The number of rotatable bonds is 7. The number of carbonyl (C=O) groups is 2. The van der Waals surface area contributed by atoms with Gasteiger partial charge in [0.2, 0.25) is 5.91 Å². The first kappa shape index (κ1) is 23.1. The summed E-state index contributed by atoms with van der Waals surface area (Å²) in [6.07, 6.45) is 9.24. The zero-order valence-corrected chi connectivity index (χ0v) is 20.4. The number of benzene rings is 1. The van der Waals surface area contributed by atoms with Crippen molar-refractivity contribution in [2.24, 2.45) is 0 Å². The van der Waals surface area contributed by atoms with Gasteiger partial charge in [0, 0.05) is 19.2 Å². The molecule has 5 rings (SSSR count). The fraction of sp³-hybridized carbons (Fsp3) is 0.393. The normalized spacial score (nSPS) is 19.9. The summed E-state index contributed by atoms with van der Waals surface area (Å²) in [5.74, 6) is 0.250. The van der Waals surface area contributed by atoms with E-state index in [2.05, 4.69) is 16.5 Å². The summed E-state index contributed by atoms with van der Waals surface area (Å²) < 4.78 is 7.15. The Balaban J connectivity index is 1.42. The lowest BCUT2D eigenvalue weighted by atomic mass is 9.92. The van der Waals surface area contributed by atoms with Gasteiger partial charge in [0.05, 0.1) is 12.8 Å². The highest BCUT2D eigenvalue weighted by Crippen LogP contribution is 2.31. The second kappa shape index (κ2) is 9.56. The van der Waals surface area contributed by atoms with Crippen molar-refractivity contribution < 1.29 is 14.0 Å². The van der Waals surface area contributed by atoms with Gasteiger partial charge in [0.25, 0.3) is 5.91 Å². The minimum absolute atomic E-state index is 0.175. The van der Waals surface area contributed by atoms with Gasteiger partial charge in [-0.1, -0.05) is 41.5 Å². The smallest absolute Gasteiger partial charge is 0.273 e. The van der Waals surface area contributed by atoms with Crippen molar-refractivity contribution in [3.8, 4) is 11.5 Å². The first-order valence-electron chi connectivity index (χ1n) is 12.4. The maximum Gasteiger partial charge on any atom is 0.273 e. The van der Waals surface area contributed by atoms with Gasteiger partial charge < -0.3 is 14.6 Å². The van der Waals surface area contributed by atoms with Gasteiger partial charge in [-0.05, 0) is 63.6 Å². The summed E-state index contributed by atoms with van der Waals surface area (Å²) in [6.45, 7) is 5.08. The molecule has 3 aromatic rings. The van der Waals surface area contributed by atoms with Crippen LogP contribution in [0.2, 0.25) is 0 Å². The van der Waals surface area contributed by atoms with E-state index in [9.17, 15) is 9.59 Å². The molecule has 0 fully saturated rings. The van der Waals surface area contributed by atoms with Crippen LogP contribution in [0.15, 0.2) is 64.8 Å². The minimum Gasteiger partial charge on any atom is -0.463 e. The summed E-state index contributed by atoms with van der Waals surface area (Å²) >= 11 is 0. The molecule has 1 N–H and O–H groups in total. The molecule has 0 bridgehead atoms. The number of aryl methyl sites for hydroxylation is 1. The van der Waals surface area contributed by atoms with Crippen LogP contribution in [0.4, 0.5) is 0 Å². The number of amides is 2. The summed E-state index contributed by atoms with van der Waals surface area (Å²) in [5, 5.41) is 7.69. The minimum atomic E-state index is -1.06. The number of hydrogen-bond acceptors (Lipinski definition) is 4. The number of hydrogen-bond donors (Lipinski definition) is 1. The Morgan fingerprint density at radius 3 is 2.74 bits per heavy atom. The van der Waals surface area contributed by atoms with Crippen LogP contribution in [0.3, 0.4) is 0 Å². The van der Waals surface area contributed by atoms with Crippen molar-refractivity contribution in [2.75, 3.05) is 6.54 Å². The molecule has 7 nitrogen and oxygen atoms in total. The Morgan fingerprint density at radius 1 is 1.20 bits per heavy atom. The number of carbonyl (C=O) groups excluding carboxylic acids is 2. The Kier molecular flexibility index (Phi) is 6.32. The molecule has 0 unspecified atom stereocenters. The monoisotopic (exact) mass is 472 g/mol. The first-order valence-corrected chi connectivity index (χ1v) is 12.4. The second-order valence-electron chi connectivity index (χ2n) is 9.81. The molecule has 0 spiro atoms. The lowest BCUT2D eigenvalue weighted by Crippen LogP contribution is -2.64. The van der Waals surface area contributed by atoms with E-state index in [1.54, 1.807) is 28.0 Å². The van der Waals surface area contributed by atoms with Crippen molar-refractivity contribution in [1.29, 1.82) is 0 Å². The molecule has 1 aliphatic heterocycles. The van der Waals surface area contributed by atoms with Gasteiger partial charge >= 0.3 is 0 Å². The van der Waals surface area contributed by atoms with Crippen LogP contribution in [0.5, 0.6) is 0 Å². The first-order chi connectivity index (χ1) is 16.9. The molecule has 35 heavy (non-hydrogen) atoms. The average Bonchev–Trinajstić information content (AvgIpc) is 3.54. The third kappa shape index (κ3) is 4.67. The van der Waals surface area contributed by atoms with Crippen LogP contribution in [0.1, 0.15) is 60.6 Å². The topological polar surface area (TPSA) is 80.4 Å². The van der Waals surface area contributed by atoms with Gasteiger partial charge in [-0.15, -0.1) is 0 Å². The van der Waals surface area contributed by atoms with Crippen molar-refractivity contribution in [3.63, 3.8) is 0 Å². The molecule has 2 amide bonds. The molecule has 0 radical (unpaired) electrons. The highest BCUT2D eigenvalue weighted by molar-refractivity contribution is 6.00. The molecule has 0 saturated carbocycles. The summed E-state index contributed by atoms with van der Waals surface area (Å²) in [4.78, 5) is 29.1. The zero-order chi connectivity index (χ0) is 24.4. The largest absolute Gasteiger partial charge is 0.463 e. The molecular weight excluding hydrogens is 440 g/mol. The van der Waals surface area contributed by atoms with E-state index in [1.165, 1.54) is 24.0 Å². The van der Waals surface area contributed by atoms with Crippen molar-refractivity contribution in [3.05, 3.63) is 77.2 Å². The van der Waals surface area contributed by atoms with Crippen LogP contribution in [0, 0.1) is 6.92 Å². The predicted molar refractivity (Wildman–Crippen MR) is 134 cm³/mol. The Labute approximate surface area is 205 Å². The van der Waals surface area contributed by atoms with E-state index in [0.717, 1.165) is 24.8 Å². The highest BCUT2D eigenvalue weighted by atomic mass is 16.3. The number of nitrogens with zero attached hydrogens (tertiary/aromatic N) is 3. The van der Waals surface area contributed by atoms with Crippen LogP contribution in [0.25, 0.3) is 11.5 Å². The van der Waals surface area contributed by atoms with Crippen molar-refractivity contribution >= 4 is 11.8 Å². The molecule has 2 aromatic heterocycles. The number of allylic oxidation sites excluding steroid dienone is 1. The molecule has 1 aliphatic carbocycles. The molecule has 7 heteroatoms. The van der Waals surface area contributed by atoms with Gasteiger partial charge in [0.1, 0.15) is 16.9 Å². The van der Waals surface area contributed by atoms with Crippen molar-refractivity contribution in [1.82, 2.24) is 20.0 Å². The molecular formula is C28H32N4O3. The fourth-order valence-electron chi connectivity index (χ4n) is 5.00. The maximum absolute atomic E-state index is 13.7. The lowest BCUT2D eigenvalue weighted by molar-refractivity contribution is -0.133. The molecule has 0 saturated heterocycles. The molecule has 2 aliphatic rings. The zero-order valence-electron chi connectivity index (χ0n) is 20.4. The number of nitrogens with one attached hydrogen (secondary N) is 1. The summed E-state index contributed by atoms with van der Waals surface area (Å²) in [7, 11) is 0.